The maximum atomic E-state index is 14.0. The summed E-state index contributed by atoms with van der Waals surface area (Å²) in [6.07, 6.45) is 14.8. The van der Waals surface area contributed by atoms with E-state index >= 15 is 0 Å². The first-order valence-electron chi connectivity index (χ1n) is 18.9. The molecule has 0 unspecified atom stereocenters. The summed E-state index contributed by atoms with van der Waals surface area (Å²) in [5, 5.41) is 4.33. The van der Waals surface area contributed by atoms with Crippen LogP contribution in [0.2, 0.25) is 0 Å². The summed E-state index contributed by atoms with van der Waals surface area (Å²) in [6, 6.07) is 33.4. The Morgan fingerprint density at radius 1 is 0.708 bits per heavy atom. The highest BCUT2D eigenvalue weighted by atomic mass is 31.2. The number of ketones is 1. The van der Waals surface area contributed by atoms with Crippen molar-refractivity contribution in [2.75, 3.05) is 12.8 Å². The third-order valence-electron chi connectivity index (χ3n) is 14.0. The molecule has 3 aromatic carbocycles. The zero-order valence-corrected chi connectivity index (χ0v) is 30.5. The lowest BCUT2D eigenvalue weighted by atomic mass is 9.40. The molecule has 4 fully saturated rings. The standard InChI is InChI=1S/C44H56O3P/c1-41-28-24-38-42(2)26-17-27-43(3,37(42)25-29-44(38,33-41)32-39(41)45)40(46)47-30-15-4-5-16-31-48(34-18-9-6-10-19-34,35-20-11-7-12-21-35)36-22-13-8-14-23-36/h6-14,18-23,37-38H,4-5,15-17,24-33H2,1-3H3/q+1/t37-,38-,41-,42+,43+,44-/m0/s1. The van der Waals surface area contributed by atoms with Gasteiger partial charge < -0.3 is 4.74 Å². The molecule has 7 rings (SSSR count). The maximum Gasteiger partial charge on any atom is 0.312 e. The summed E-state index contributed by atoms with van der Waals surface area (Å²) in [6.45, 7) is 7.46. The number of rotatable bonds is 11. The van der Waals surface area contributed by atoms with E-state index in [-0.39, 0.29) is 22.2 Å². The normalized spacial score (nSPS) is 32.7. The monoisotopic (exact) mass is 663 g/mol. The van der Waals surface area contributed by atoms with Crippen LogP contribution in [0.3, 0.4) is 0 Å². The number of hydrogen-bond donors (Lipinski definition) is 0. The summed E-state index contributed by atoms with van der Waals surface area (Å²) in [5.41, 5.74) is -0.200. The number of benzene rings is 3. The van der Waals surface area contributed by atoms with Gasteiger partial charge in [0.1, 0.15) is 29.0 Å². The Morgan fingerprint density at radius 2 is 1.27 bits per heavy atom. The zero-order chi connectivity index (χ0) is 33.5. The second kappa shape index (κ2) is 13.2. The SMILES string of the molecule is C[C@@]12CC[C@@H]3[C@@](CC[C@H]4[C@@]3(C)CCC[C@@]4(C)C(=O)OCCCCCC[P+](c3ccccc3)(c3ccccc3)c3ccccc3)(CC1=O)C2. The second-order valence-corrected chi connectivity index (χ2v) is 20.4. The van der Waals surface area contributed by atoms with Gasteiger partial charge in [-0.05, 0) is 137 Å². The average Bonchev–Trinajstić information content (AvgIpc) is 3.29. The van der Waals surface area contributed by atoms with Crippen LogP contribution in [0.4, 0.5) is 0 Å². The number of esters is 1. The molecule has 0 aromatic heterocycles. The number of hydrogen-bond acceptors (Lipinski definition) is 3. The molecule has 6 atom stereocenters. The molecular weight excluding hydrogens is 607 g/mol. The summed E-state index contributed by atoms with van der Waals surface area (Å²) < 4.78 is 6.18. The molecule has 0 N–H and O–H groups in total. The fraction of sp³-hybridized carbons (Fsp3) is 0.545. The molecule has 4 saturated carbocycles. The topological polar surface area (TPSA) is 43.4 Å². The third-order valence-corrected chi connectivity index (χ3v) is 18.6. The molecule has 0 radical (unpaired) electrons. The molecule has 0 saturated heterocycles. The van der Waals surface area contributed by atoms with Crippen LogP contribution in [-0.4, -0.2) is 24.5 Å². The quantitative estimate of drug-likeness (QED) is 0.117. The largest absolute Gasteiger partial charge is 0.465 e. The number of unbranched alkanes of at least 4 members (excludes halogenated alkanes) is 3. The van der Waals surface area contributed by atoms with Gasteiger partial charge in [-0.1, -0.05) is 74.9 Å². The van der Waals surface area contributed by atoms with Crippen LogP contribution in [0.1, 0.15) is 104 Å². The highest BCUT2D eigenvalue weighted by Gasteiger charge is 2.68. The molecule has 0 heterocycles. The van der Waals surface area contributed by atoms with Gasteiger partial charge >= 0.3 is 5.97 Å². The fourth-order valence-electron chi connectivity index (χ4n) is 11.8. The van der Waals surface area contributed by atoms with E-state index in [0.29, 0.717) is 24.2 Å². The molecule has 48 heavy (non-hydrogen) atoms. The minimum absolute atomic E-state index is 0.0414. The van der Waals surface area contributed by atoms with Crippen molar-refractivity contribution < 1.29 is 14.3 Å². The minimum Gasteiger partial charge on any atom is -0.465 e. The first-order chi connectivity index (χ1) is 23.2. The summed E-state index contributed by atoms with van der Waals surface area (Å²) >= 11 is 0. The van der Waals surface area contributed by atoms with Gasteiger partial charge in [-0.15, -0.1) is 0 Å². The van der Waals surface area contributed by atoms with Gasteiger partial charge in [0.25, 0.3) is 0 Å². The lowest BCUT2D eigenvalue weighted by molar-refractivity contribution is -0.188. The van der Waals surface area contributed by atoms with Crippen LogP contribution < -0.4 is 15.9 Å². The minimum atomic E-state index is -1.80. The summed E-state index contributed by atoms with van der Waals surface area (Å²) in [4.78, 5) is 27.1. The van der Waals surface area contributed by atoms with E-state index < -0.39 is 12.7 Å². The van der Waals surface area contributed by atoms with E-state index in [9.17, 15) is 9.59 Å². The van der Waals surface area contributed by atoms with Crippen molar-refractivity contribution in [2.45, 2.75) is 104 Å². The van der Waals surface area contributed by atoms with E-state index in [2.05, 4.69) is 112 Å². The lowest BCUT2D eigenvalue weighted by Gasteiger charge is -2.63. The van der Waals surface area contributed by atoms with Crippen molar-refractivity contribution >= 4 is 34.9 Å². The van der Waals surface area contributed by atoms with Crippen LogP contribution >= 0.6 is 7.26 Å². The average molecular weight is 664 g/mol. The van der Waals surface area contributed by atoms with Gasteiger partial charge in [-0.3, -0.25) is 9.59 Å². The molecule has 1 spiro atoms. The Kier molecular flexibility index (Phi) is 9.25. The van der Waals surface area contributed by atoms with Gasteiger partial charge in [0.2, 0.25) is 0 Å². The Labute approximate surface area is 290 Å². The van der Waals surface area contributed by atoms with E-state index in [1.54, 1.807) is 0 Å². The first kappa shape index (κ1) is 33.7. The molecule has 0 aliphatic heterocycles. The molecule has 4 aliphatic carbocycles. The van der Waals surface area contributed by atoms with Crippen molar-refractivity contribution in [2.24, 2.45) is 33.5 Å². The predicted molar refractivity (Wildman–Crippen MR) is 200 cm³/mol. The van der Waals surface area contributed by atoms with E-state index in [1.165, 1.54) is 22.3 Å². The molecule has 3 nitrogen and oxygen atoms in total. The number of fused-ring (bicyclic) bond motifs is 3. The van der Waals surface area contributed by atoms with Crippen molar-refractivity contribution in [3.63, 3.8) is 0 Å². The molecular formula is C44H56O3P+. The van der Waals surface area contributed by atoms with E-state index in [1.807, 2.05) is 0 Å². The third kappa shape index (κ3) is 5.61. The summed E-state index contributed by atoms with van der Waals surface area (Å²) in [5.74, 6) is 1.47. The van der Waals surface area contributed by atoms with Crippen molar-refractivity contribution in [1.29, 1.82) is 0 Å². The molecule has 0 amide bonds. The Morgan fingerprint density at radius 3 is 1.88 bits per heavy atom. The predicted octanol–water partition coefficient (Wildman–Crippen LogP) is 9.46. The molecule has 254 valence electrons. The smallest absolute Gasteiger partial charge is 0.312 e. The molecule has 2 bridgehead atoms. The van der Waals surface area contributed by atoms with Gasteiger partial charge in [0.05, 0.1) is 18.2 Å². The zero-order valence-electron chi connectivity index (χ0n) is 29.6. The number of carbonyl (C=O) groups excluding carboxylic acids is 2. The summed E-state index contributed by atoms with van der Waals surface area (Å²) in [7, 11) is -1.80. The Balaban J connectivity index is 0.970. The highest BCUT2D eigenvalue weighted by molar-refractivity contribution is 7.95. The Bertz CT molecular complexity index is 1490. The second-order valence-electron chi connectivity index (χ2n) is 16.7. The molecule has 4 heteroatoms. The van der Waals surface area contributed by atoms with Crippen LogP contribution in [-0.2, 0) is 14.3 Å². The van der Waals surface area contributed by atoms with Crippen molar-refractivity contribution in [3.05, 3.63) is 91.0 Å². The highest BCUT2D eigenvalue weighted by Crippen LogP contribution is 2.73. The fourth-order valence-corrected chi connectivity index (χ4v) is 16.2. The van der Waals surface area contributed by atoms with Crippen LogP contribution in [0, 0.1) is 33.5 Å². The van der Waals surface area contributed by atoms with E-state index in [4.69, 9.17) is 4.74 Å². The van der Waals surface area contributed by atoms with Crippen LogP contribution in [0.15, 0.2) is 91.0 Å². The molecule has 4 aliphatic rings. The maximum absolute atomic E-state index is 14.0. The van der Waals surface area contributed by atoms with Crippen LogP contribution in [0.5, 0.6) is 0 Å². The Hall–Kier alpha value is -2.77. The van der Waals surface area contributed by atoms with Crippen LogP contribution in [0.25, 0.3) is 0 Å². The van der Waals surface area contributed by atoms with Gasteiger partial charge in [0, 0.05) is 11.8 Å². The lowest BCUT2D eigenvalue weighted by Crippen LogP contribution is -2.58. The number of Topliss-reactive ketones (excluding diaryl/α,β-unsaturated/α-hetero) is 1. The van der Waals surface area contributed by atoms with Crippen molar-refractivity contribution in [1.82, 2.24) is 0 Å². The number of ether oxygens (including phenoxy) is 1. The molecule has 3 aromatic rings. The first-order valence-corrected chi connectivity index (χ1v) is 20.9. The van der Waals surface area contributed by atoms with E-state index in [0.717, 1.165) is 83.2 Å². The van der Waals surface area contributed by atoms with Gasteiger partial charge in [-0.2, -0.15) is 0 Å². The van der Waals surface area contributed by atoms with Gasteiger partial charge in [0.15, 0.2) is 0 Å². The number of carbonyl (C=O) groups is 2. The van der Waals surface area contributed by atoms with Crippen molar-refractivity contribution in [3.8, 4) is 0 Å². The van der Waals surface area contributed by atoms with Gasteiger partial charge in [-0.25, -0.2) is 0 Å².